The normalized spacial score (nSPS) is 20.3. The Morgan fingerprint density at radius 1 is 1.32 bits per heavy atom. The molecule has 0 saturated heterocycles. The van der Waals surface area contributed by atoms with E-state index in [-0.39, 0.29) is 18.1 Å². The first-order valence-corrected chi connectivity index (χ1v) is 8.87. The highest BCUT2D eigenvalue weighted by Gasteiger charge is 2.25. The average Bonchev–Trinajstić information content (AvgIpc) is 2.98. The molecule has 1 aromatic carbocycles. The summed E-state index contributed by atoms with van der Waals surface area (Å²) in [7, 11) is 1.76. The summed E-state index contributed by atoms with van der Waals surface area (Å²) >= 11 is 0. The first kappa shape index (κ1) is 17.5. The Morgan fingerprint density at radius 2 is 2.04 bits per heavy atom. The Balaban J connectivity index is 1.63. The number of nitrogens with zero attached hydrogens (tertiary/aromatic N) is 3. The van der Waals surface area contributed by atoms with Gasteiger partial charge in [0.15, 0.2) is 5.82 Å². The number of carbonyl (C=O) groups is 1. The molecule has 6 nitrogen and oxygen atoms in total. The predicted octanol–water partition coefficient (Wildman–Crippen LogP) is 3.20. The van der Waals surface area contributed by atoms with Gasteiger partial charge in [-0.3, -0.25) is 5.32 Å². The number of carbonyl (C=O) groups excluding carboxylic acids is 1. The van der Waals surface area contributed by atoms with Crippen molar-refractivity contribution in [2.45, 2.75) is 38.7 Å². The fourth-order valence-corrected chi connectivity index (χ4v) is 3.41. The molecule has 1 aliphatic carbocycles. The molecule has 2 amide bonds. The van der Waals surface area contributed by atoms with Gasteiger partial charge in [0.1, 0.15) is 0 Å². The standard InChI is InChI=1S/C19H26N4O2/c1-14-12-18(21-23(14)16-9-4-3-5-10-16)20-19(25)22(2)13-15-8-6-7-11-17(15)24/h3-5,9-10,12,15,17,24H,6-8,11,13H2,1-2H3,(H,20,21,25). The highest BCUT2D eigenvalue weighted by atomic mass is 16.3. The number of benzene rings is 1. The molecule has 25 heavy (non-hydrogen) atoms. The maximum Gasteiger partial charge on any atom is 0.322 e. The summed E-state index contributed by atoms with van der Waals surface area (Å²) in [6.07, 6.45) is 3.70. The lowest BCUT2D eigenvalue weighted by molar-refractivity contribution is 0.0575. The zero-order valence-electron chi connectivity index (χ0n) is 14.9. The van der Waals surface area contributed by atoms with Gasteiger partial charge < -0.3 is 10.0 Å². The van der Waals surface area contributed by atoms with E-state index >= 15 is 0 Å². The van der Waals surface area contributed by atoms with Crippen LogP contribution in [0.4, 0.5) is 10.6 Å². The van der Waals surface area contributed by atoms with Crippen LogP contribution < -0.4 is 5.32 Å². The number of aryl methyl sites for hydroxylation is 1. The van der Waals surface area contributed by atoms with Gasteiger partial charge in [-0.1, -0.05) is 31.0 Å². The lowest BCUT2D eigenvalue weighted by Crippen LogP contribution is -2.40. The molecule has 0 bridgehead atoms. The Hall–Kier alpha value is -2.34. The molecule has 1 aromatic heterocycles. The second kappa shape index (κ2) is 7.70. The van der Waals surface area contributed by atoms with Crippen molar-refractivity contribution in [1.82, 2.24) is 14.7 Å². The van der Waals surface area contributed by atoms with Crippen molar-refractivity contribution in [3.63, 3.8) is 0 Å². The minimum absolute atomic E-state index is 0.160. The van der Waals surface area contributed by atoms with Crippen LogP contribution in [0.1, 0.15) is 31.4 Å². The van der Waals surface area contributed by atoms with E-state index in [4.69, 9.17) is 0 Å². The number of hydrogen-bond acceptors (Lipinski definition) is 3. The molecule has 6 heteroatoms. The summed E-state index contributed by atoms with van der Waals surface area (Å²) in [4.78, 5) is 14.1. The fraction of sp³-hybridized carbons (Fsp3) is 0.474. The van der Waals surface area contributed by atoms with Crippen LogP contribution in [0.25, 0.3) is 5.69 Å². The summed E-state index contributed by atoms with van der Waals surface area (Å²) in [6.45, 7) is 2.52. The van der Waals surface area contributed by atoms with E-state index in [0.717, 1.165) is 37.1 Å². The topological polar surface area (TPSA) is 70.4 Å². The lowest BCUT2D eigenvalue weighted by Gasteiger charge is -2.31. The van der Waals surface area contributed by atoms with E-state index in [9.17, 15) is 9.90 Å². The first-order chi connectivity index (χ1) is 12.0. The average molecular weight is 342 g/mol. The van der Waals surface area contributed by atoms with Crippen molar-refractivity contribution in [3.05, 3.63) is 42.1 Å². The number of aliphatic hydroxyl groups is 1. The third-order valence-corrected chi connectivity index (χ3v) is 4.85. The maximum atomic E-state index is 12.4. The van der Waals surface area contributed by atoms with Crippen LogP contribution in [-0.4, -0.2) is 45.5 Å². The van der Waals surface area contributed by atoms with Crippen LogP contribution in [0.5, 0.6) is 0 Å². The molecule has 1 saturated carbocycles. The number of amides is 2. The fourth-order valence-electron chi connectivity index (χ4n) is 3.41. The van der Waals surface area contributed by atoms with Gasteiger partial charge in [0.25, 0.3) is 0 Å². The van der Waals surface area contributed by atoms with Gasteiger partial charge in [0, 0.05) is 31.3 Å². The number of rotatable bonds is 4. The second-order valence-electron chi connectivity index (χ2n) is 6.84. The molecule has 2 unspecified atom stereocenters. The number of aromatic nitrogens is 2. The Kier molecular flexibility index (Phi) is 5.38. The third kappa shape index (κ3) is 4.20. The molecule has 1 fully saturated rings. The molecule has 3 rings (SSSR count). The van der Waals surface area contributed by atoms with E-state index < -0.39 is 0 Å². The smallest absolute Gasteiger partial charge is 0.322 e. The number of nitrogens with one attached hydrogen (secondary N) is 1. The Morgan fingerprint density at radius 3 is 2.76 bits per heavy atom. The van der Waals surface area contributed by atoms with Gasteiger partial charge in [-0.2, -0.15) is 0 Å². The summed E-state index contributed by atoms with van der Waals surface area (Å²) in [6, 6.07) is 11.5. The van der Waals surface area contributed by atoms with Crippen molar-refractivity contribution >= 4 is 11.8 Å². The minimum atomic E-state index is -0.302. The minimum Gasteiger partial charge on any atom is -0.393 e. The van der Waals surface area contributed by atoms with Gasteiger partial charge in [0.2, 0.25) is 0 Å². The Labute approximate surface area is 148 Å². The van der Waals surface area contributed by atoms with E-state index in [0.29, 0.717) is 12.4 Å². The van der Waals surface area contributed by atoms with Gasteiger partial charge in [0.05, 0.1) is 11.8 Å². The summed E-state index contributed by atoms with van der Waals surface area (Å²) in [5, 5.41) is 17.4. The van der Waals surface area contributed by atoms with Gasteiger partial charge >= 0.3 is 6.03 Å². The number of urea groups is 1. The summed E-state index contributed by atoms with van der Waals surface area (Å²) in [5.41, 5.74) is 1.91. The summed E-state index contributed by atoms with van der Waals surface area (Å²) in [5.74, 6) is 0.690. The highest BCUT2D eigenvalue weighted by Crippen LogP contribution is 2.25. The van der Waals surface area contributed by atoms with E-state index in [1.807, 2.05) is 43.3 Å². The monoisotopic (exact) mass is 342 g/mol. The van der Waals surface area contributed by atoms with Gasteiger partial charge in [-0.05, 0) is 31.9 Å². The van der Waals surface area contributed by atoms with Crippen LogP contribution in [0.3, 0.4) is 0 Å². The first-order valence-electron chi connectivity index (χ1n) is 8.87. The van der Waals surface area contributed by atoms with Crippen molar-refractivity contribution in [2.24, 2.45) is 5.92 Å². The summed E-state index contributed by atoms with van der Waals surface area (Å²) < 4.78 is 1.81. The quantitative estimate of drug-likeness (QED) is 0.896. The van der Waals surface area contributed by atoms with Crippen LogP contribution in [-0.2, 0) is 0 Å². The Bertz CT molecular complexity index is 713. The van der Waals surface area contributed by atoms with Crippen molar-refractivity contribution in [3.8, 4) is 5.69 Å². The molecule has 2 atom stereocenters. The molecule has 0 aliphatic heterocycles. The molecule has 2 aromatic rings. The van der Waals surface area contributed by atoms with Crippen molar-refractivity contribution < 1.29 is 9.90 Å². The van der Waals surface area contributed by atoms with E-state index in [1.165, 1.54) is 0 Å². The molecule has 1 aliphatic rings. The largest absolute Gasteiger partial charge is 0.393 e. The molecule has 2 N–H and O–H groups in total. The number of para-hydroxylation sites is 1. The molecular formula is C19H26N4O2. The lowest BCUT2D eigenvalue weighted by atomic mass is 9.86. The van der Waals surface area contributed by atoms with Crippen molar-refractivity contribution in [1.29, 1.82) is 0 Å². The highest BCUT2D eigenvalue weighted by molar-refractivity contribution is 5.88. The van der Waals surface area contributed by atoms with Crippen LogP contribution in [0.2, 0.25) is 0 Å². The van der Waals surface area contributed by atoms with E-state index in [1.54, 1.807) is 16.6 Å². The number of hydrogen-bond donors (Lipinski definition) is 2. The molecule has 134 valence electrons. The van der Waals surface area contributed by atoms with Gasteiger partial charge in [-0.15, -0.1) is 5.10 Å². The van der Waals surface area contributed by atoms with Crippen LogP contribution >= 0.6 is 0 Å². The molecular weight excluding hydrogens is 316 g/mol. The van der Waals surface area contributed by atoms with Gasteiger partial charge in [-0.25, -0.2) is 9.48 Å². The van der Waals surface area contributed by atoms with Crippen molar-refractivity contribution in [2.75, 3.05) is 18.9 Å². The predicted molar refractivity (Wildman–Crippen MR) is 97.9 cm³/mol. The van der Waals surface area contributed by atoms with E-state index in [2.05, 4.69) is 10.4 Å². The third-order valence-electron chi connectivity index (χ3n) is 4.85. The second-order valence-corrected chi connectivity index (χ2v) is 6.84. The molecule has 1 heterocycles. The van der Waals surface area contributed by atoms with Crippen LogP contribution in [0.15, 0.2) is 36.4 Å². The maximum absolute atomic E-state index is 12.4. The zero-order chi connectivity index (χ0) is 17.8. The SMILES string of the molecule is Cc1cc(NC(=O)N(C)CC2CCCCC2O)nn1-c1ccccc1. The molecule has 0 radical (unpaired) electrons. The molecule has 0 spiro atoms. The number of anilines is 1. The number of aliphatic hydroxyl groups excluding tert-OH is 1. The zero-order valence-corrected chi connectivity index (χ0v) is 14.9. The van der Waals surface area contributed by atoms with Crippen LogP contribution in [0, 0.1) is 12.8 Å².